The molecule has 1 saturated heterocycles. The van der Waals surface area contributed by atoms with Gasteiger partial charge in [0.1, 0.15) is 12.3 Å². The maximum Gasteiger partial charge on any atom is 0.371 e. The molecule has 1 N–H and O–H groups in total. The van der Waals surface area contributed by atoms with Crippen LogP contribution >= 0.6 is 0 Å². The van der Waals surface area contributed by atoms with Crippen LogP contribution < -0.4 is 0 Å². The molecule has 0 radical (unpaired) electrons. The molecule has 108 valence electrons. The highest BCUT2D eigenvalue weighted by molar-refractivity contribution is 5.92. The van der Waals surface area contributed by atoms with Gasteiger partial charge in [-0.1, -0.05) is 0 Å². The Morgan fingerprint density at radius 2 is 1.90 bits per heavy atom. The number of piperazine rings is 1. The topological polar surface area (TPSA) is 91.1 Å². The number of aryl methyl sites for hydroxylation is 1. The van der Waals surface area contributed by atoms with Crippen LogP contribution in [0.5, 0.6) is 0 Å². The van der Waals surface area contributed by atoms with Gasteiger partial charge in [0.05, 0.1) is 6.54 Å². The lowest BCUT2D eigenvalue weighted by atomic mass is 10.2. The molecule has 0 atom stereocenters. The lowest BCUT2D eigenvalue weighted by molar-refractivity contribution is -0.150. The summed E-state index contributed by atoms with van der Waals surface area (Å²) in [5.74, 6) is -1.13. The number of furan rings is 1. The summed E-state index contributed by atoms with van der Waals surface area (Å²) in [6.07, 6.45) is 0. The Balaban J connectivity index is 2.12. The minimum atomic E-state index is -1.16. The summed E-state index contributed by atoms with van der Waals surface area (Å²) < 4.78 is 5.09. The first-order chi connectivity index (χ1) is 9.42. The average Bonchev–Trinajstić information content (AvgIpc) is 2.75. The number of amides is 2. The SMILES string of the molecule is CCN1CC(=O)N(Cc2cc(C(=O)O)oc2C)CC1=O. The van der Waals surface area contributed by atoms with Crippen molar-refractivity contribution in [2.24, 2.45) is 0 Å². The fourth-order valence-electron chi connectivity index (χ4n) is 2.12. The van der Waals surface area contributed by atoms with E-state index < -0.39 is 5.97 Å². The lowest BCUT2D eigenvalue weighted by Gasteiger charge is -2.33. The van der Waals surface area contributed by atoms with Crippen molar-refractivity contribution in [2.75, 3.05) is 19.6 Å². The molecule has 7 nitrogen and oxygen atoms in total. The van der Waals surface area contributed by atoms with Crippen molar-refractivity contribution < 1.29 is 23.9 Å². The van der Waals surface area contributed by atoms with Crippen molar-refractivity contribution in [3.63, 3.8) is 0 Å². The maximum atomic E-state index is 12.0. The lowest BCUT2D eigenvalue weighted by Crippen LogP contribution is -2.53. The number of hydrogen-bond acceptors (Lipinski definition) is 4. The van der Waals surface area contributed by atoms with E-state index in [1.807, 2.05) is 6.92 Å². The van der Waals surface area contributed by atoms with Gasteiger partial charge in [-0.3, -0.25) is 9.59 Å². The molecular weight excluding hydrogens is 264 g/mol. The Morgan fingerprint density at radius 3 is 2.45 bits per heavy atom. The Bertz CT molecular complexity index is 563. The van der Waals surface area contributed by atoms with Crippen LogP contribution in [0.15, 0.2) is 10.5 Å². The molecule has 2 rings (SSSR count). The number of hydrogen-bond donors (Lipinski definition) is 1. The van der Waals surface area contributed by atoms with E-state index in [1.165, 1.54) is 15.9 Å². The number of carbonyl (C=O) groups excluding carboxylic acids is 2. The Hall–Kier alpha value is -2.31. The van der Waals surface area contributed by atoms with E-state index in [-0.39, 0.29) is 37.2 Å². The Kier molecular flexibility index (Phi) is 3.78. The molecule has 20 heavy (non-hydrogen) atoms. The molecule has 1 aromatic rings. The van der Waals surface area contributed by atoms with Gasteiger partial charge in [0.15, 0.2) is 0 Å². The van der Waals surface area contributed by atoms with E-state index in [0.29, 0.717) is 17.9 Å². The molecule has 1 aliphatic rings. The van der Waals surface area contributed by atoms with Gasteiger partial charge in [-0.2, -0.15) is 0 Å². The molecule has 1 aromatic heterocycles. The normalized spacial score (nSPS) is 15.9. The third kappa shape index (κ3) is 2.66. The summed E-state index contributed by atoms with van der Waals surface area (Å²) in [4.78, 5) is 37.5. The summed E-state index contributed by atoms with van der Waals surface area (Å²) in [5.41, 5.74) is 0.605. The second-order valence-corrected chi connectivity index (χ2v) is 4.65. The largest absolute Gasteiger partial charge is 0.475 e. The van der Waals surface area contributed by atoms with Crippen LogP contribution in [0.4, 0.5) is 0 Å². The van der Waals surface area contributed by atoms with Gasteiger partial charge in [-0.25, -0.2) is 4.79 Å². The van der Waals surface area contributed by atoms with E-state index in [1.54, 1.807) is 6.92 Å². The predicted molar refractivity (Wildman–Crippen MR) is 68.1 cm³/mol. The van der Waals surface area contributed by atoms with Crippen LogP contribution in [0.3, 0.4) is 0 Å². The molecule has 0 aliphatic carbocycles. The molecule has 1 aliphatic heterocycles. The molecule has 1 fully saturated rings. The van der Waals surface area contributed by atoms with Gasteiger partial charge in [-0.15, -0.1) is 0 Å². The number of likely N-dealkylation sites (N-methyl/N-ethyl adjacent to an activating group) is 1. The second kappa shape index (κ2) is 5.36. The molecule has 2 heterocycles. The van der Waals surface area contributed by atoms with Crippen molar-refractivity contribution in [1.82, 2.24) is 9.80 Å². The highest BCUT2D eigenvalue weighted by Gasteiger charge is 2.29. The van der Waals surface area contributed by atoms with E-state index >= 15 is 0 Å². The summed E-state index contributed by atoms with van der Waals surface area (Å²) in [5, 5.41) is 8.85. The van der Waals surface area contributed by atoms with E-state index in [2.05, 4.69) is 0 Å². The first-order valence-corrected chi connectivity index (χ1v) is 6.30. The summed E-state index contributed by atoms with van der Waals surface area (Å²) in [6, 6.07) is 1.39. The molecule has 0 bridgehead atoms. The van der Waals surface area contributed by atoms with Crippen molar-refractivity contribution in [3.8, 4) is 0 Å². The minimum Gasteiger partial charge on any atom is -0.475 e. The van der Waals surface area contributed by atoms with Gasteiger partial charge in [-0.05, 0) is 19.9 Å². The van der Waals surface area contributed by atoms with Gasteiger partial charge < -0.3 is 19.3 Å². The standard InChI is InChI=1S/C13H16N2O5/c1-3-14-6-12(17)15(7-11(14)16)5-9-4-10(13(18)19)20-8(9)2/h4H,3,5-7H2,1-2H3,(H,18,19). The summed E-state index contributed by atoms with van der Waals surface area (Å²) in [7, 11) is 0. The average molecular weight is 280 g/mol. The fourth-order valence-corrected chi connectivity index (χ4v) is 2.12. The number of carbonyl (C=O) groups is 3. The Labute approximate surface area is 115 Å². The minimum absolute atomic E-state index is 0.0136. The molecule has 0 saturated carbocycles. The molecule has 0 unspecified atom stereocenters. The second-order valence-electron chi connectivity index (χ2n) is 4.65. The van der Waals surface area contributed by atoms with Crippen molar-refractivity contribution in [2.45, 2.75) is 20.4 Å². The van der Waals surface area contributed by atoms with Gasteiger partial charge in [0, 0.05) is 18.7 Å². The molecular formula is C13H16N2O5. The highest BCUT2D eigenvalue weighted by Crippen LogP contribution is 2.18. The van der Waals surface area contributed by atoms with Crippen LogP contribution in [-0.2, 0) is 16.1 Å². The van der Waals surface area contributed by atoms with Gasteiger partial charge in [0.2, 0.25) is 17.6 Å². The van der Waals surface area contributed by atoms with Crippen LogP contribution in [0.25, 0.3) is 0 Å². The quantitative estimate of drug-likeness (QED) is 0.866. The van der Waals surface area contributed by atoms with Crippen molar-refractivity contribution in [3.05, 3.63) is 23.2 Å². The maximum absolute atomic E-state index is 12.0. The molecule has 0 spiro atoms. The monoisotopic (exact) mass is 280 g/mol. The van der Waals surface area contributed by atoms with Crippen molar-refractivity contribution >= 4 is 17.8 Å². The van der Waals surface area contributed by atoms with Crippen LogP contribution in [0.1, 0.15) is 28.8 Å². The highest BCUT2D eigenvalue weighted by atomic mass is 16.4. The third-order valence-electron chi connectivity index (χ3n) is 3.33. The summed E-state index contributed by atoms with van der Waals surface area (Å²) in [6.45, 7) is 4.23. The number of aromatic carboxylic acids is 1. The van der Waals surface area contributed by atoms with Crippen LogP contribution in [0, 0.1) is 6.92 Å². The Morgan fingerprint density at radius 1 is 1.30 bits per heavy atom. The van der Waals surface area contributed by atoms with Gasteiger partial charge >= 0.3 is 5.97 Å². The number of carboxylic acid groups (broad SMARTS) is 1. The van der Waals surface area contributed by atoms with Crippen molar-refractivity contribution in [1.29, 1.82) is 0 Å². The molecule has 0 aromatic carbocycles. The first-order valence-electron chi connectivity index (χ1n) is 6.30. The smallest absolute Gasteiger partial charge is 0.371 e. The predicted octanol–water partition coefficient (Wildman–Crippen LogP) is 0.477. The van der Waals surface area contributed by atoms with E-state index in [9.17, 15) is 14.4 Å². The molecule has 2 amide bonds. The number of carboxylic acids is 1. The molecule has 7 heteroatoms. The third-order valence-corrected chi connectivity index (χ3v) is 3.33. The zero-order valence-corrected chi connectivity index (χ0v) is 11.4. The van der Waals surface area contributed by atoms with Gasteiger partial charge in [0.25, 0.3) is 0 Å². The first kappa shape index (κ1) is 14.1. The van der Waals surface area contributed by atoms with Crippen LogP contribution in [-0.4, -0.2) is 52.3 Å². The number of nitrogens with zero attached hydrogens (tertiary/aromatic N) is 2. The fraction of sp³-hybridized carbons (Fsp3) is 0.462. The zero-order chi connectivity index (χ0) is 14.9. The number of rotatable bonds is 4. The van der Waals surface area contributed by atoms with Crippen LogP contribution in [0.2, 0.25) is 0 Å². The summed E-state index contributed by atoms with van der Waals surface area (Å²) >= 11 is 0. The zero-order valence-electron chi connectivity index (χ0n) is 11.4. The van der Waals surface area contributed by atoms with E-state index in [0.717, 1.165) is 0 Å². The van der Waals surface area contributed by atoms with E-state index in [4.69, 9.17) is 9.52 Å².